The molecule has 0 radical (unpaired) electrons. The van der Waals surface area contributed by atoms with Crippen LogP contribution in [0.3, 0.4) is 0 Å². The summed E-state index contributed by atoms with van der Waals surface area (Å²) in [6.07, 6.45) is 1.65. The number of amides is 1. The van der Waals surface area contributed by atoms with Crippen LogP contribution in [-0.2, 0) is 11.2 Å². The summed E-state index contributed by atoms with van der Waals surface area (Å²) in [5.41, 5.74) is 2.44. The molecule has 1 aromatic carbocycles. The molecule has 0 spiro atoms. The summed E-state index contributed by atoms with van der Waals surface area (Å²) in [4.78, 5) is 20.7. The zero-order chi connectivity index (χ0) is 14.8. The fourth-order valence-electron chi connectivity index (χ4n) is 2.68. The summed E-state index contributed by atoms with van der Waals surface area (Å²) < 4.78 is 1.26. The number of aryl methyl sites for hydroxylation is 1. The van der Waals surface area contributed by atoms with Gasteiger partial charge in [0.2, 0.25) is 5.91 Å². The van der Waals surface area contributed by atoms with Gasteiger partial charge in [0.1, 0.15) is 0 Å². The van der Waals surface area contributed by atoms with E-state index in [1.54, 1.807) is 11.3 Å². The number of rotatable bonds is 3. The van der Waals surface area contributed by atoms with E-state index in [1.165, 1.54) is 10.3 Å². The Balaban J connectivity index is 1.74. The van der Waals surface area contributed by atoms with Crippen LogP contribution in [0.4, 0.5) is 5.13 Å². The van der Waals surface area contributed by atoms with Crippen LogP contribution in [0.2, 0.25) is 0 Å². The number of benzene rings is 1. The van der Waals surface area contributed by atoms with Crippen LogP contribution in [0.1, 0.15) is 25.8 Å². The van der Waals surface area contributed by atoms with Gasteiger partial charge in [-0.25, -0.2) is 4.98 Å². The molecule has 1 saturated heterocycles. The van der Waals surface area contributed by atoms with Gasteiger partial charge >= 0.3 is 0 Å². The van der Waals surface area contributed by atoms with E-state index < -0.39 is 0 Å². The Morgan fingerprint density at radius 3 is 2.67 bits per heavy atom. The van der Waals surface area contributed by atoms with E-state index in [9.17, 15) is 4.79 Å². The van der Waals surface area contributed by atoms with Crippen molar-refractivity contribution in [1.82, 2.24) is 9.88 Å². The number of hydrogen-bond acceptors (Lipinski definition) is 4. The quantitative estimate of drug-likeness (QED) is 0.875. The van der Waals surface area contributed by atoms with Gasteiger partial charge in [-0.1, -0.05) is 31.3 Å². The van der Waals surface area contributed by atoms with E-state index in [0.29, 0.717) is 6.42 Å². The Kier molecular flexibility index (Phi) is 4.10. The zero-order valence-electron chi connectivity index (χ0n) is 12.6. The van der Waals surface area contributed by atoms with Gasteiger partial charge in [-0.15, -0.1) is 0 Å². The van der Waals surface area contributed by atoms with Gasteiger partial charge in [-0.3, -0.25) is 4.79 Å². The van der Waals surface area contributed by atoms with E-state index in [-0.39, 0.29) is 5.91 Å². The maximum atomic E-state index is 11.7. The van der Waals surface area contributed by atoms with Gasteiger partial charge in [0.15, 0.2) is 5.13 Å². The van der Waals surface area contributed by atoms with Crippen molar-refractivity contribution in [2.24, 2.45) is 0 Å². The third-order valence-electron chi connectivity index (χ3n) is 4.06. The molecule has 0 saturated carbocycles. The zero-order valence-corrected chi connectivity index (χ0v) is 13.4. The lowest BCUT2D eigenvalue weighted by atomic mass is 10.2. The molecule has 1 amide bonds. The Morgan fingerprint density at radius 2 is 2.00 bits per heavy atom. The number of anilines is 1. The first-order valence-electron chi connectivity index (χ1n) is 7.63. The van der Waals surface area contributed by atoms with E-state index in [2.05, 4.69) is 30.0 Å². The molecule has 0 bridgehead atoms. The number of aromatic nitrogens is 1. The first kappa shape index (κ1) is 14.3. The molecule has 4 nitrogen and oxygen atoms in total. The Labute approximate surface area is 129 Å². The van der Waals surface area contributed by atoms with Crippen LogP contribution in [0, 0.1) is 0 Å². The minimum atomic E-state index is 0.256. The fourth-order valence-corrected chi connectivity index (χ4v) is 3.76. The van der Waals surface area contributed by atoms with Gasteiger partial charge in [-0.05, 0) is 24.1 Å². The first-order chi connectivity index (χ1) is 10.2. The van der Waals surface area contributed by atoms with Gasteiger partial charge in [0, 0.05) is 32.6 Å². The molecule has 2 heterocycles. The molecule has 0 N–H and O–H groups in total. The highest BCUT2D eigenvalue weighted by Gasteiger charge is 2.22. The highest BCUT2D eigenvalue weighted by atomic mass is 32.1. The summed E-state index contributed by atoms with van der Waals surface area (Å²) in [5.74, 6) is 0.256. The minimum Gasteiger partial charge on any atom is -0.345 e. The van der Waals surface area contributed by atoms with Crippen LogP contribution in [0.25, 0.3) is 10.2 Å². The van der Waals surface area contributed by atoms with Crippen LogP contribution >= 0.6 is 11.3 Å². The van der Waals surface area contributed by atoms with E-state index >= 15 is 0 Å². The molecule has 0 aliphatic carbocycles. The lowest BCUT2D eigenvalue weighted by Crippen LogP contribution is -2.48. The van der Waals surface area contributed by atoms with Gasteiger partial charge in [0.05, 0.1) is 10.2 Å². The number of nitrogens with zero attached hydrogens (tertiary/aromatic N) is 3. The van der Waals surface area contributed by atoms with Crippen molar-refractivity contribution in [3.05, 3.63) is 23.8 Å². The number of piperazine rings is 1. The normalized spacial score (nSPS) is 15.7. The average molecular weight is 303 g/mol. The lowest BCUT2D eigenvalue weighted by Gasteiger charge is -2.34. The maximum absolute atomic E-state index is 11.7. The molecule has 21 heavy (non-hydrogen) atoms. The molecule has 0 unspecified atom stereocenters. The molecule has 1 aromatic heterocycles. The molecule has 1 aliphatic rings. The largest absolute Gasteiger partial charge is 0.345 e. The predicted octanol–water partition coefficient (Wildman–Crippen LogP) is 2.92. The highest BCUT2D eigenvalue weighted by molar-refractivity contribution is 7.22. The fraction of sp³-hybridized carbons (Fsp3) is 0.500. The number of hydrogen-bond donors (Lipinski definition) is 0. The molecule has 0 atom stereocenters. The smallest absolute Gasteiger partial charge is 0.222 e. The summed E-state index contributed by atoms with van der Waals surface area (Å²) >= 11 is 1.76. The van der Waals surface area contributed by atoms with Crippen molar-refractivity contribution in [2.45, 2.75) is 26.7 Å². The first-order valence-corrected chi connectivity index (χ1v) is 8.45. The van der Waals surface area contributed by atoms with Crippen molar-refractivity contribution in [3.63, 3.8) is 0 Å². The second-order valence-electron chi connectivity index (χ2n) is 5.37. The Bertz CT molecular complexity index is 644. The van der Waals surface area contributed by atoms with E-state index in [0.717, 1.165) is 43.2 Å². The van der Waals surface area contributed by atoms with E-state index in [1.807, 2.05) is 11.8 Å². The van der Waals surface area contributed by atoms with Crippen LogP contribution in [0.15, 0.2) is 18.2 Å². The number of carbonyl (C=O) groups is 1. The second-order valence-corrected chi connectivity index (χ2v) is 6.38. The minimum absolute atomic E-state index is 0.256. The van der Waals surface area contributed by atoms with Crippen molar-refractivity contribution in [1.29, 1.82) is 0 Å². The molecule has 1 fully saturated rings. The van der Waals surface area contributed by atoms with Gasteiger partial charge in [0.25, 0.3) is 0 Å². The van der Waals surface area contributed by atoms with Crippen LogP contribution in [0.5, 0.6) is 0 Å². The number of carbonyl (C=O) groups excluding carboxylic acids is 1. The predicted molar refractivity (Wildman–Crippen MR) is 88.1 cm³/mol. The summed E-state index contributed by atoms with van der Waals surface area (Å²) in [6.45, 7) is 7.48. The van der Waals surface area contributed by atoms with Gasteiger partial charge < -0.3 is 9.80 Å². The van der Waals surface area contributed by atoms with Crippen molar-refractivity contribution < 1.29 is 4.79 Å². The highest BCUT2D eigenvalue weighted by Crippen LogP contribution is 2.30. The topological polar surface area (TPSA) is 36.4 Å². The molecule has 3 rings (SSSR count). The average Bonchev–Trinajstić information content (AvgIpc) is 2.97. The third-order valence-corrected chi connectivity index (χ3v) is 5.13. The van der Waals surface area contributed by atoms with Gasteiger partial charge in [-0.2, -0.15) is 0 Å². The molecule has 5 heteroatoms. The summed E-state index contributed by atoms with van der Waals surface area (Å²) in [6, 6.07) is 6.52. The number of thiazole rings is 1. The molecule has 112 valence electrons. The van der Waals surface area contributed by atoms with Crippen molar-refractivity contribution in [3.8, 4) is 0 Å². The van der Waals surface area contributed by atoms with Crippen LogP contribution < -0.4 is 4.90 Å². The second kappa shape index (κ2) is 6.02. The van der Waals surface area contributed by atoms with Crippen LogP contribution in [-0.4, -0.2) is 42.0 Å². The van der Waals surface area contributed by atoms with E-state index in [4.69, 9.17) is 4.98 Å². The Morgan fingerprint density at radius 1 is 1.24 bits per heavy atom. The monoisotopic (exact) mass is 303 g/mol. The lowest BCUT2D eigenvalue weighted by molar-refractivity contribution is -0.131. The maximum Gasteiger partial charge on any atom is 0.222 e. The van der Waals surface area contributed by atoms with Crippen molar-refractivity contribution >= 4 is 32.6 Å². The number of fused-ring (bicyclic) bond motifs is 1. The molecule has 2 aromatic rings. The van der Waals surface area contributed by atoms with Crippen molar-refractivity contribution in [2.75, 3.05) is 31.1 Å². The standard InChI is InChI=1S/C16H21N3OS/c1-3-12-5-6-13-14(11-12)21-16(17-13)19-9-7-18(8-10-19)15(20)4-2/h5-6,11H,3-4,7-10H2,1-2H3. The molecular formula is C16H21N3OS. The SMILES string of the molecule is CCC(=O)N1CCN(c2nc3ccc(CC)cc3s2)CC1. The Hall–Kier alpha value is -1.62. The molecule has 1 aliphatic heterocycles. The summed E-state index contributed by atoms with van der Waals surface area (Å²) in [5, 5.41) is 1.09. The molecular weight excluding hydrogens is 282 g/mol. The summed E-state index contributed by atoms with van der Waals surface area (Å²) in [7, 11) is 0. The third kappa shape index (κ3) is 2.88.